The van der Waals surface area contributed by atoms with Crippen LogP contribution in [0, 0.1) is 19.8 Å². The fourth-order valence-electron chi connectivity index (χ4n) is 3.42. The van der Waals surface area contributed by atoms with Gasteiger partial charge < -0.3 is 16.0 Å². The van der Waals surface area contributed by atoms with Crippen molar-refractivity contribution < 1.29 is 22.8 Å². The van der Waals surface area contributed by atoms with E-state index in [9.17, 15) is 22.8 Å². The molecule has 29 heavy (non-hydrogen) atoms. The van der Waals surface area contributed by atoms with Crippen molar-refractivity contribution in [2.75, 3.05) is 5.32 Å². The van der Waals surface area contributed by atoms with Gasteiger partial charge >= 0.3 is 12.2 Å². The number of nitrogens with one attached hydrogen (secondary N) is 3. The van der Waals surface area contributed by atoms with Gasteiger partial charge in [-0.05, 0) is 43.2 Å². The number of hydrogen-bond donors (Lipinski definition) is 3. The molecule has 0 radical (unpaired) electrons. The predicted molar refractivity (Wildman–Crippen MR) is 103 cm³/mol. The summed E-state index contributed by atoms with van der Waals surface area (Å²) in [6.45, 7) is 7.56. The Labute approximate surface area is 166 Å². The molecule has 1 aliphatic heterocycles. The smallest absolute Gasteiger partial charge is 0.330 e. The molecule has 2 aromatic rings. The molecule has 2 aromatic carbocycles. The fraction of sp³-hybridized carbons (Fsp3) is 0.238. The molecule has 152 valence electrons. The topological polar surface area (TPSA) is 70.2 Å². The van der Waals surface area contributed by atoms with Gasteiger partial charge in [-0.15, -0.1) is 0 Å². The number of benzene rings is 2. The zero-order valence-electron chi connectivity index (χ0n) is 15.9. The summed E-state index contributed by atoms with van der Waals surface area (Å²) in [5.74, 6) is -1.49. The molecular weight excluding hydrogens is 383 g/mol. The van der Waals surface area contributed by atoms with Crippen molar-refractivity contribution in [3.63, 3.8) is 0 Å². The molecule has 2 atom stereocenters. The average molecular weight is 403 g/mol. The maximum absolute atomic E-state index is 13.0. The van der Waals surface area contributed by atoms with Gasteiger partial charge in [0.05, 0.1) is 11.6 Å². The third-order valence-corrected chi connectivity index (χ3v) is 4.77. The van der Waals surface area contributed by atoms with Gasteiger partial charge in [-0.2, -0.15) is 13.2 Å². The summed E-state index contributed by atoms with van der Waals surface area (Å²) < 4.78 is 38.8. The molecule has 0 aromatic heterocycles. The van der Waals surface area contributed by atoms with E-state index in [1.807, 2.05) is 32.0 Å². The number of halogens is 3. The van der Waals surface area contributed by atoms with Crippen LogP contribution in [0.25, 0.3) is 0 Å². The van der Waals surface area contributed by atoms with Crippen molar-refractivity contribution >= 4 is 17.6 Å². The maximum Gasteiger partial charge on any atom is 0.416 e. The van der Waals surface area contributed by atoms with Crippen molar-refractivity contribution in [2.45, 2.75) is 26.1 Å². The van der Waals surface area contributed by atoms with Gasteiger partial charge in [0.15, 0.2) is 0 Å². The largest absolute Gasteiger partial charge is 0.416 e. The highest BCUT2D eigenvalue weighted by molar-refractivity contribution is 5.97. The lowest BCUT2D eigenvalue weighted by Crippen LogP contribution is -2.52. The van der Waals surface area contributed by atoms with E-state index in [0.717, 1.165) is 28.8 Å². The molecule has 0 saturated carbocycles. The first-order valence-corrected chi connectivity index (χ1v) is 8.88. The van der Waals surface area contributed by atoms with Crippen LogP contribution in [-0.2, 0) is 11.0 Å². The lowest BCUT2D eigenvalue weighted by atomic mass is 9.85. The van der Waals surface area contributed by atoms with Crippen molar-refractivity contribution in [3.8, 4) is 0 Å². The van der Waals surface area contributed by atoms with Crippen LogP contribution in [0.4, 0.5) is 23.7 Å². The van der Waals surface area contributed by atoms with Crippen LogP contribution in [0.5, 0.6) is 0 Å². The number of amides is 3. The van der Waals surface area contributed by atoms with Crippen LogP contribution in [-0.4, -0.2) is 11.9 Å². The first-order valence-electron chi connectivity index (χ1n) is 8.88. The SMILES string of the molecule is C=C1NC(=O)N[C@@H](c2ccc(C)cc2C)[C@H]1C(=O)Nc1cccc(C(F)(F)F)c1. The summed E-state index contributed by atoms with van der Waals surface area (Å²) >= 11 is 0. The summed E-state index contributed by atoms with van der Waals surface area (Å²) in [5.41, 5.74) is 1.94. The van der Waals surface area contributed by atoms with Crippen molar-refractivity contribution in [2.24, 2.45) is 5.92 Å². The van der Waals surface area contributed by atoms with Gasteiger partial charge in [-0.1, -0.05) is 36.4 Å². The lowest BCUT2D eigenvalue weighted by Gasteiger charge is -2.34. The number of rotatable bonds is 3. The second-order valence-corrected chi connectivity index (χ2v) is 7.01. The number of hydrogen-bond acceptors (Lipinski definition) is 2. The first kappa shape index (κ1) is 20.4. The van der Waals surface area contributed by atoms with Crippen LogP contribution in [0.2, 0.25) is 0 Å². The van der Waals surface area contributed by atoms with Gasteiger partial charge in [0, 0.05) is 11.4 Å². The fourth-order valence-corrected chi connectivity index (χ4v) is 3.42. The Morgan fingerprint density at radius 1 is 1.14 bits per heavy atom. The summed E-state index contributed by atoms with van der Waals surface area (Å²) in [7, 11) is 0. The first-order chi connectivity index (χ1) is 13.6. The molecule has 0 spiro atoms. The Morgan fingerprint density at radius 2 is 1.86 bits per heavy atom. The van der Waals surface area contributed by atoms with Crippen molar-refractivity contribution in [1.82, 2.24) is 10.6 Å². The zero-order chi connectivity index (χ0) is 21.3. The molecule has 5 nitrogen and oxygen atoms in total. The molecule has 1 saturated heterocycles. The van der Waals surface area contributed by atoms with Crippen molar-refractivity contribution in [3.05, 3.63) is 77.0 Å². The Kier molecular flexibility index (Phi) is 5.37. The quantitative estimate of drug-likeness (QED) is 0.709. The van der Waals surface area contributed by atoms with Crippen LogP contribution >= 0.6 is 0 Å². The molecule has 0 bridgehead atoms. The molecule has 8 heteroatoms. The van der Waals surface area contributed by atoms with E-state index in [2.05, 4.69) is 22.5 Å². The van der Waals surface area contributed by atoms with Gasteiger partial charge in [-0.25, -0.2) is 4.79 Å². The number of carbonyl (C=O) groups excluding carboxylic acids is 2. The van der Waals surface area contributed by atoms with Gasteiger partial charge in [0.25, 0.3) is 0 Å². The maximum atomic E-state index is 13.0. The molecule has 1 aliphatic rings. The van der Waals surface area contributed by atoms with Crippen molar-refractivity contribution in [1.29, 1.82) is 0 Å². The van der Waals surface area contributed by atoms with E-state index in [1.165, 1.54) is 12.1 Å². The second-order valence-electron chi connectivity index (χ2n) is 7.01. The monoisotopic (exact) mass is 403 g/mol. The minimum Gasteiger partial charge on any atom is -0.330 e. The van der Waals surface area contributed by atoms with Gasteiger partial charge in [0.2, 0.25) is 5.91 Å². The standard InChI is InChI=1S/C21H20F3N3O2/c1-11-7-8-16(12(2)9-11)18-17(13(3)25-20(29)27-18)19(28)26-15-6-4-5-14(10-15)21(22,23)24/h4-10,17-18H,3H2,1-2H3,(H,26,28)(H2,25,27,29)/t17-,18-/m0/s1. The Bertz CT molecular complexity index is 985. The van der Waals surface area contributed by atoms with E-state index in [4.69, 9.17) is 0 Å². The summed E-state index contributed by atoms with van der Waals surface area (Å²) in [5, 5.41) is 7.71. The third kappa shape index (κ3) is 4.42. The highest BCUT2D eigenvalue weighted by atomic mass is 19.4. The van der Waals surface area contributed by atoms with Crippen LogP contribution < -0.4 is 16.0 Å². The second kappa shape index (κ2) is 7.62. The van der Waals surface area contributed by atoms with E-state index < -0.39 is 35.6 Å². The van der Waals surface area contributed by atoms with Crippen LogP contribution in [0.1, 0.15) is 28.3 Å². The van der Waals surface area contributed by atoms with Crippen LogP contribution in [0.15, 0.2) is 54.7 Å². The zero-order valence-corrected chi connectivity index (χ0v) is 15.9. The van der Waals surface area contributed by atoms with Gasteiger partial charge in [0.1, 0.15) is 5.92 Å². The average Bonchev–Trinajstić information content (AvgIpc) is 2.60. The Hall–Kier alpha value is -3.29. The molecule has 0 unspecified atom stereocenters. The Balaban J connectivity index is 1.92. The minimum atomic E-state index is -4.52. The molecule has 3 N–H and O–H groups in total. The molecule has 1 heterocycles. The van der Waals surface area contributed by atoms with E-state index in [1.54, 1.807) is 0 Å². The molecular formula is C21H20F3N3O2. The van der Waals surface area contributed by atoms with E-state index >= 15 is 0 Å². The highest BCUT2D eigenvalue weighted by Gasteiger charge is 2.38. The highest BCUT2D eigenvalue weighted by Crippen LogP contribution is 2.34. The normalized spacial score (nSPS) is 19.3. The van der Waals surface area contributed by atoms with E-state index in [0.29, 0.717) is 0 Å². The Morgan fingerprint density at radius 3 is 2.52 bits per heavy atom. The number of anilines is 1. The number of carbonyl (C=O) groups is 2. The molecule has 1 fully saturated rings. The lowest BCUT2D eigenvalue weighted by molar-refractivity contribution is -0.137. The number of aryl methyl sites for hydroxylation is 2. The van der Waals surface area contributed by atoms with Gasteiger partial charge in [-0.3, -0.25) is 4.79 Å². The summed E-state index contributed by atoms with van der Waals surface area (Å²) in [6.07, 6.45) is -4.52. The van der Waals surface area contributed by atoms with Crippen LogP contribution in [0.3, 0.4) is 0 Å². The molecule has 3 amide bonds. The van der Waals surface area contributed by atoms with E-state index in [-0.39, 0.29) is 11.4 Å². The predicted octanol–water partition coefficient (Wildman–Crippen LogP) is 4.44. The minimum absolute atomic E-state index is 0.00824. The molecule has 0 aliphatic carbocycles. The third-order valence-electron chi connectivity index (χ3n) is 4.77. The summed E-state index contributed by atoms with van der Waals surface area (Å²) in [6, 6.07) is 8.78. The number of urea groups is 1. The molecule has 3 rings (SSSR count). The number of alkyl halides is 3. The summed E-state index contributed by atoms with van der Waals surface area (Å²) in [4.78, 5) is 24.9.